The first kappa shape index (κ1) is 20.4. The molecule has 29 heavy (non-hydrogen) atoms. The van der Waals surface area contributed by atoms with Crippen molar-refractivity contribution < 1.29 is 4.79 Å². The molecule has 0 atom stereocenters. The van der Waals surface area contributed by atoms with Gasteiger partial charge in [-0.3, -0.25) is 4.79 Å². The van der Waals surface area contributed by atoms with Gasteiger partial charge in [-0.25, -0.2) is 0 Å². The molecule has 0 heterocycles. The van der Waals surface area contributed by atoms with Crippen molar-refractivity contribution in [2.45, 2.75) is 20.3 Å². The number of aryl methyl sites for hydroxylation is 2. The predicted octanol–water partition coefficient (Wildman–Crippen LogP) is 6.09. The highest BCUT2D eigenvalue weighted by Crippen LogP contribution is 2.17. The molecule has 0 radical (unpaired) electrons. The number of anilines is 1. The van der Waals surface area contributed by atoms with Gasteiger partial charge in [0.25, 0.3) is 5.91 Å². The number of nitrogens with zero attached hydrogens (tertiary/aromatic N) is 1. The van der Waals surface area contributed by atoms with E-state index in [0.717, 1.165) is 12.0 Å². The number of rotatable bonds is 5. The van der Waals surface area contributed by atoms with E-state index in [1.54, 1.807) is 30.3 Å². The molecule has 0 fully saturated rings. The Morgan fingerprint density at radius 3 is 2.17 bits per heavy atom. The van der Waals surface area contributed by atoms with Crippen LogP contribution in [0.3, 0.4) is 0 Å². The molecule has 1 N–H and O–H groups in total. The summed E-state index contributed by atoms with van der Waals surface area (Å²) >= 11 is 5.85. The summed E-state index contributed by atoms with van der Waals surface area (Å²) in [5, 5.41) is 12.7. The van der Waals surface area contributed by atoms with E-state index in [4.69, 9.17) is 11.6 Å². The molecule has 0 bridgehead atoms. The lowest BCUT2D eigenvalue weighted by molar-refractivity contribution is -0.112. The lowest BCUT2D eigenvalue weighted by Gasteiger charge is -2.07. The van der Waals surface area contributed by atoms with Gasteiger partial charge in [0.1, 0.15) is 11.6 Å². The quantitative estimate of drug-likeness (QED) is 0.416. The zero-order valence-electron chi connectivity index (χ0n) is 16.4. The highest BCUT2D eigenvalue weighted by atomic mass is 35.5. The minimum Gasteiger partial charge on any atom is -0.321 e. The smallest absolute Gasteiger partial charge is 0.266 e. The van der Waals surface area contributed by atoms with Crippen LogP contribution in [0.2, 0.25) is 5.02 Å². The van der Waals surface area contributed by atoms with Crippen molar-refractivity contribution in [2.24, 2.45) is 0 Å². The predicted molar refractivity (Wildman–Crippen MR) is 119 cm³/mol. The third kappa shape index (κ3) is 5.81. The minimum absolute atomic E-state index is 0.0435. The van der Waals surface area contributed by atoms with Crippen molar-refractivity contribution in [3.05, 3.63) is 105 Å². The summed E-state index contributed by atoms with van der Waals surface area (Å²) in [5.74, 6) is -0.450. The van der Waals surface area contributed by atoms with Crippen molar-refractivity contribution in [1.82, 2.24) is 0 Å². The van der Waals surface area contributed by atoms with Gasteiger partial charge in [0, 0.05) is 10.7 Å². The maximum atomic E-state index is 12.4. The highest BCUT2D eigenvalue weighted by molar-refractivity contribution is 6.30. The third-order valence-electron chi connectivity index (χ3n) is 4.45. The zero-order chi connectivity index (χ0) is 20.8. The second kappa shape index (κ2) is 9.23. The van der Waals surface area contributed by atoms with Crippen molar-refractivity contribution in [3.8, 4) is 6.07 Å². The maximum Gasteiger partial charge on any atom is 0.266 e. The molecule has 3 rings (SSSR count). The van der Waals surface area contributed by atoms with Crippen molar-refractivity contribution in [1.29, 1.82) is 5.26 Å². The molecule has 0 aliphatic heterocycles. The number of carbonyl (C=O) groups excluding carboxylic acids is 1. The van der Waals surface area contributed by atoms with Crippen molar-refractivity contribution in [3.63, 3.8) is 0 Å². The number of benzene rings is 3. The van der Waals surface area contributed by atoms with E-state index in [1.807, 2.05) is 30.3 Å². The number of hydrogen-bond donors (Lipinski definition) is 1. The number of amides is 1. The van der Waals surface area contributed by atoms with Gasteiger partial charge < -0.3 is 5.32 Å². The molecule has 0 saturated carbocycles. The molecular formula is C25H21ClN2O. The second-order valence-corrected chi connectivity index (χ2v) is 7.48. The molecule has 0 spiro atoms. The van der Waals surface area contributed by atoms with Crippen molar-refractivity contribution >= 4 is 29.3 Å². The van der Waals surface area contributed by atoms with Crippen LogP contribution in [-0.4, -0.2) is 5.91 Å². The number of halogens is 1. The first-order chi connectivity index (χ1) is 13.9. The van der Waals surface area contributed by atoms with E-state index in [0.29, 0.717) is 10.7 Å². The molecule has 0 saturated heterocycles. The zero-order valence-corrected chi connectivity index (χ0v) is 17.1. The van der Waals surface area contributed by atoms with Gasteiger partial charge in [0.05, 0.1) is 0 Å². The van der Waals surface area contributed by atoms with Gasteiger partial charge in [0.15, 0.2) is 0 Å². The van der Waals surface area contributed by atoms with E-state index in [2.05, 4.69) is 37.4 Å². The molecule has 1 amide bonds. The fraction of sp³-hybridized carbons (Fsp3) is 0.120. The molecular weight excluding hydrogens is 380 g/mol. The van der Waals surface area contributed by atoms with Gasteiger partial charge in [0.2, 0.25) is 0 Å². The number of nitrogens with one attached hydrogen (secondary N) is 1. The molecule has 0 aromatic heterocycles. The topological polar surface area (TPSA) is 52.9 Å². The molecule has 0 aliphatic rings. The Kier molecular flexibility index (Phi) is 6.49. The van der Waals surface area contributed by atoms with Crippen LogP contribution in [0.4, 0.5) is 5.69 Å². The van der Waals surface area contributed by atoms with Crippen LogP contribution in [0, 0.1) is 25.2 Å². The number of nitriles is 1. The second-order valence-electron chi connectivity index (χ2n) is 7.05. The summed E-state index contributed by atoms with van der Waals surface area (Å²) in [6.07, 6.45) is 2.43. The van der Waals surface area contributed by atoms with E-state index < -0.39 is 5.91 Å². The van der Waals surface area contributed by atoms with E-state index in [9.17, 15) is 10.1 Å². The molecule has 3 nitrogen and oxygen atoms in total. The Labute approximate surface area is 176 Å². The van der Waals surface area contributed by atoms with Crippen LogP contribution >= 0.6 is 11.6 Å². The van der Waals surface area contributed by atoms with Gasteiger partial charge in [-0.1, -0.05) is 65.2 Å². The van der Waals surface area contributed by atoms with Crippen LogP contribution in [0.25, 0.3) is 6.08 Å². The summed E-state index contributed by atoms with van der Waals surface area (Å²) in [5.41, 5.74) is 6.39. The summed E-state index contributed by atoms with van der Waals surface area (Å²) in [6, 6.07) is 23.2. The molecule has 4 heteroatoms. The van der Waals surface area contributed by atoms with Crippen LogP contribution in [0.15, 0.2) is 72.3 Å². The monoisotopic (exact) mass is 400 g/mol. The molecule has 0 unspecified atom stereocenters. The molecule has 144 valence electrons. The average Bonchev–Trinajstić information content (AvgIpc) is 2.68. The lowest BCUT2D eigenvalue weighted by Crippen LogP contribution is -2.13. The lowest BCUT2D eigenvalue weighted by atomic mass is 9.99. The van der Waals surface area contributed by atoms with Gasteiger partial charge in [-0.2, -0.15) is 5.26 Å². The average molecular weight is 401 g/mol. The van der Waals surface area contributed by atoms with Crippen LogP contribution in [0.1, 0.15) is 27.8 Å². The maximum absolute atomic E-state index is 12.4. The number of hydrogen-bond acceptors (Lipinski definition) is 2. The van der Waals surface area contributed by atoms with Crippen LogP contribution in [-0.2, 0) is 11.2 Å². The summed E-state index contributed by atoms with van der Waals surface area (Å²) in [7, 11) is 0. The fourth-order valence-electron chi connectivity index (χ4n) is 3.19. The standard InChI is InChI=1S/C25H21ClN2O/c1-17-11-18(2)13-21(12-17)14-19-3-5-20(6-4-19)15-22(16-27)25(29)28-24-9-7-23(26)8-10-24/h3-13,15H,14H2,1-2H3,(H,28,29)/b22-15+. The highest BCUT2D eigenvalue weighted by Gasteiger charge is 2.09. The fourth-order valence-corrected chi connectivity index (χ4v) is 3.31. The van der Waals surface area contributed by atoms with E-state index >= 15 is 0 Å². The van der Waals surface area contributed by atoms with Gasteiger partial charge >= 0.3 is 0 Å². The van der Waals surface area contributed by atoms with E-state index in [-0.39, 0.29) is 5.57 Å². The first-order valence-electron chi connectivity index (χ1n) is 9.28. The number of carbonyl (C=O) groups is 1. The Hall–Kier alpha value is -3.35. The SMILES string of the molecule is Cc1cc(C)cc(Cc2ccc(/C=C(\C#N)C(=O)Nc3ccc(Cl)cc3)cc2)c1. The molecule has 3 aromatic rings. The third-order valence-corrected chi connectivity index (χ3v) is 4.70. The van der Waals surface area contributed by atoms with Gasteiger partial charge in [-0.05, 0) is 67.3 Å². The summed E-state index contributed by atoms with van der Waals surface area (Å²) < 4.78 is 0. The Morgan fingerprint density at radius 2 is 1.59 bits per heavy atom. The molecule has 0 aliphatic carbocycles. The van der Waals surface area contributed by atoms with Crippen LogP contribution in [0.5, 0.6) is 0 Å². The van der Waals surface area contributed by atoms with Gasteiger partial charge in [-0.15, -0.1) is 0 Å². The summed E-state index contributed by atoms with van der Waals surface area (Å²) in [6.45, 7) is 4.20. The first-order valence-corrected chi connectivity index (χ1v) is 9.65. The summed E-state index contributed by atoms with van der Waals surface area (Å²) in [4.78, 5) is 12.4. The Bertz CT molecular complexity index is 1070. The van der Waals surface area contributed by atoms with Crippen molar-refractivity contribution in [2.75, 3.05) is 5.32 Å². The Morgan fingerprint density at radius 1 is 0.966 bits per heavy atom. The molecule has 3 aromatic carbocycles. The largest absolute Gasteiger partial charge is 0.321 e. The van der Waals surface area contributed by atoms with E-state index in [1.165, 1.54) is 22.3 Å². The normalized spacial score (nSPS) is 11.0. The minimum atomic E-state index is -0.450. The Balaban J connectivity index is 1.71. The van der Waals surface area contributed by atoms with Crippen LogP contribution < -0.4 is 5.32 Å².